The first-order valence-corrected chi connectivity index (χ1v) is 10.9. The highest BCUT2D eigenvalue weighted by Gasteiger charge is 2.58. The van der Waals surface area contributed by atoms with E-state index >= 15 is 0 Å². The first kappa shape index (κ1) is 22.5. The number of nitrogens with zero attached hydrogens (tertiary/aromatic N) is 3. The quantitative estimate of drug-likeness (QED) is 0.128. The number of unbranched alkanes of at least 4 members (excludes halogenated alkanes) is 1. The normalized spacial score (nSPS) is 30.8. The minimum absolute atomic E-state index is 0. The molecule has 0 aromatic rings. The van der Waals surface area contributed by atoms with E-state index in [4.69, 9.17) is 0 Å². The number of hydrogen-bond donors (Lipinski definition) is 2. The molecule has 2 amide bonds. The third-order valence-electron chi connectivity index (χ3n) is 6.81. The topological polar surface area (TPSA) is 77.0 Å². The zero-order valence-electron chi connectivity index (χ0n) is 17.3. The van der Waals surface area contributed by atoms with E-state index < -0.39 is 0 Å². The molecule has 0 aromatic carbocycles. The fourth-order valence-electron chi connectivity index (χ4n) is 5.36. The van der Waals surface area contributed by atoms with Gasteiger partial charge in [0.1, 0.15) is 0 Å². The minimum atomic E-state index is -0.101. The van der Waals surface area contributed by atoms with E-state index in [-0.39, 0.29) is 59.5 Å². The predicted octanol–water partition coefficient (Wildman–Crippen LogP) is 1.45. The van der Waals surface area contributed by atoms with Crippen LogP contribution >= 0.6 is 24.0 Å². The smallest absolute Gasteiger partial charge is 0.233 e. The second-order valence-electron chi connectivity index (χ2n) is 8.51. The number of amides is 2. The van der Waals surface area contributed by atoms with Crippen molar-refractivity contribution in [1.29, 1.82) is 0 Å². The SMILES string of the molecule is CN=C(NCCCCN1CCCC1)NCCN1C(=O)C2C3C=CC(C3)C2C1=O.I. The van der Waals surface area contributed by atoms with Crippen molar-refractivity contribution in [2.75, 3.05) is 46.3 Å². The monoisotopic (exact) mass is 515 g/mol. The first-order chi connectivity index (χ1) is 13.7. The maximum absolute atomic E-state index is 12.7. The van der Waals surface area contributed by atoms with Crippen LogP contribution in [-0.4, -0.2) is 73.9 Å². The first-order valence-electron chi connectivity index (χ1n) is 10.9. The molecule has 4 atom stereocenters. The van der Waals surface area contributed by atoms with E-state index in [1.165, 1.54) is 43.8 Å². The van der Waals surface area contributed by atoms with Crippen LogP contribution in [0.15, 0.2) is 17.1 Å². The van der Waals surface area contributed by atoms with Gasteiger partial charge >= 0.3 is 0 Å². The third kappa shape index (κ3) is 4.78. The number of fused-ring (bicyclic) bond motifs is 5. The number of aliphatic imine (C=N–C) groups is 1. The Bertz CT molecular complexity index is 631. The zero-order valence-corrected chi connectivity index (χ0v) is 19.6. The van der Waals surface area contributed by atoms with Crippen LogP contribution in [0.4, 0.5) is 0 Å². The van der Waals surface area contributed by atoms with Gasteiger partial charge in [-0.15, -0.1) is 24.0 Å². The molecule has 0 radical (unpaired) electrons. The molecule has 0 spiro atoms. The number of carbonyl (C=O) groups is 2. The second kappa shape index (κ2) is 10.2. The average molecular weight is 515 g/mol. The summed E-state index contributed by atoms with van der Waals surface area (Å²) in [6.45, 7) is 5.53. The van der Waals surface area contributed by atoms with Gasteiger partial charge in [-0.25, -0.2) is 0 Å². The van der Waals surface area contributed by atoms with Crippen LogP contribution in [-0.2, 0) is 9.59 Å². The fourth-order valence-corrected chi connectivity index (χ4v) is 5.36. The Morgan fingerprint density at radius 3 is 2.24 bits per heavy atom. The molecule has 4 rings (SSSR count). The van der Waals surface area contributed by atoms with Gasteiger partial charge in [0.25, 0.3) is 0 Å². The lowest BCUT2D eigenvalue weighted by Gasteiger charge is -2.19. The Kier molecular flexibility index (Phi) is 7.95. The van der Waals surface area contributed by atoms with Gasteiger partial charge in [0.2, 0.25) is 11.8 Å². The van der Waals surface area contributed by atoms with Crippen molar-refractivity contribution in [2.24, 2.45) is 28.7 Å². The maximum atomic E-state index is 12.7. The second-order valence-corrected chi connectivity index (χ2v) is 8.51. The molecule has 8 heteroatoms. The van der Waals surface area contributed by atoms with Gasteiger partial charge in [0.05, 0.1) is 11.8 Å². The molecule has 0 aromatic heterocycles. The lowest BCUT2D eigenvalue weighted by Crippen LogP contribution is -2.44. The van der Waals surface area contributed by atoms with Crippen LogP contribution in [0.5, 0.6) is 0 Å². The van der Waals surface area contributed by atoms with Gasteiger partial charge in [-0.3, -0.25) is 19.5 Å². The van der Waals surface area contributed by atoms with Gasteiger partial charge in [-0.1, -0.05) is 12.2 Å². The Balaban J connectivity index is 0.00000240. The molecule has 7 nitrogen and oxygen atoms in total. The number of halogens is 1. The summed E-state index contributed by atoms with van der Waals surface area (Å²) in [5.41, 5.74) is 0. The number of likely N-dealkylation sites (tertiary alicyclic amines) is 2. The van der Waals surface area contributed by atoms with Crippen LogP contribution in [0.2, 0.25) is 0 Å². The molecule has 29 heavy (non-hydrogen) atoms. The third-order valence-corrected chi connectivity index (χ3v) is 6.81. The molecule has 162 valence electrons. The van der Waals surface area contributed by atoms with Crippen molar-refractivity contribution in [3.8, 4) is 0 Å². The van der Waals surface area contributed by atoms with E-state index in [2.05, 4.69) is 32.7 Å². The highest BCUT2D eigenvalue weighted by molar-refractivity contribution is 14.0. The van der Waals surface area contributed by atoms with E-state index in [0.29, 0.717) is 13.1 Å². The summed E-state index contributed by atoms with van der Waals surface area (Å²) in [5.74, 6) is 1.14. The summed E-state index contributed by atoms with van der Waals surface area (Å²) in [7, 11) is 1.75. The van der Waals surface area contributed by atoms with Gasteiger partial charge in [0, 0.05) is 26.7 Å². The predicted molar refractivity (Wildman–Crippen MR) is 124 cm³/mol. The Labute approximate surface area is 190 Å². The molecule has 2 saturated heterocycles. The van der Waals surface area contributed by atoms with Crippen molar-refractivity contribution in [3.63, 3.8) is 0 Å². The van der Waals surface area contributed by atoms with Crippen molar-refractivity contribution >= 4 is 41.8 Å². The summed E-state index contributed by atoms with van der Waals surface area (Å²) in [4.78, 5) is 33.6. The summed E-state index contributed by atoms with van der Waals surface area (Å²) < 4.78 is 0. The Morgan fingerprint density at radius 1 is 1.00 bits per heavy atom. The summed E-state index contributed by atoms with van der Waals surface area (Å²) in [6, 6.07) is 0. The number of rotatable bonds is 8. The number of hydrogen-bond acceptors (Lipinski definition) is 4. The maximum Gasteiger partial charge on any atom is 0.233 e. The molecule has 2 bridgehead atoms. The van der Waals surface area contributed by atoms with Crippen LogP contribution in [0.1, 0.15) is 32.1 Å². The number of nitrogens with one attached hydrogen (secondary N) is 2. The lowest BCUT2D eigenvalue weighted by molar-refractivity contribution is -0.140. The fraction of sp³-hybridized carbons (Fsp3) is 0.762. The van der Waals surface area contributed by atoms with Gasteiger partial charge < -0.3 is 15.5 Å². The molecule has 2 aliphatic carbocycles. The van der Waals surface area contributed by atoms with E-state index in [0.717, 1.165) is 25.3 Å². The van der Waals surface area contributed by atoms with Crippen molar-refractivity contribution < 1.29 is 9.59 Å². The molecule has 4 aliphatic rings. The van der Waals surface area contributed by atoms with E-state index in [1.807, 2.05) is 0 Å². The van der Waals surface area contributed by atoms with Crippen LogP contribution in [0.25, 0.3) is 0 Å². The largest absolute Gasteiger partial charge is 0.356 e. The molecule has 1 saturated carbocycles. The van der Waals surface area contributed by atoms with Crippen LogP contribution < -0.4 is 10.6 Å². The Hall–Kier alpha value is -1.16. The lowest BCUT2D eigenvalue weighted by atomic mass is 9.85. The minimum Gasteiger partial charge on any atom is -0.356 e. The molecule has 3 fully saturated rings. The molecular weight excluding hydrogens is 481 g/mol. The zero-order chi connectivity index (χ0) is 19.5. The average Bonchev–Trinajstić information content (AvgIpc) is 3.47. The number of guanidine groups is 1. The molecule has 2 heterocycles. The molecule has 4 unspecified atom stereocenters. The van der Waals surface area contributed by atoms with E-state index in [1.54, 1.807) is 7.05 Å². The van der Waals surface area contributed by atoms with Crippen molar-refractivity contribution in [1.82, 2.24) is 20.4 Å². The summed E-state index contributed by atoms with van der Waals surface area (Å²) in [6.07, 6.45) is 10.2. The molecular formula is C21H34IN5O2. The number of allylic oxidation sites excluding steroid dienone is 2. The standard InChI is InChI=1S/C21H33N5O2.HI/c1-22-21(23-8-2-3-10-25-11-4-5-12-25)24-9-13-26-19(27)17-15-6-7-16(14-15)18(17)20(26)28;/h6-7,15-18H,2-5,8-14H2,1H3,(H2,22,23,24);1H. The summed E-state index contributed by atoms with van der Waals surface area (Å²) in [5, 5.41) is 6.57. The van der Waals surface area contributed by atoms with Crippen LogP contribution in [0, 0.1) is 23.7 Å². The van der Waals surface area contributed by atoms with Crippen LogP contribution in [0.3, 0.4) is 0 Å². The number of carbonyl (C=O) groups excluding carboxylic acids is 2. The number of imide groups is 1. The highest BCUT2D eigenvalue weighted by atomic mass is 127. The Morgan fingerprint density at radius 2 is 1.62 bits per heavy atom. The highest BCUT2D eigenvalue weighted by Crippen LogP contribution is 2.52. The molecule has 2 N–H and O–H groups in total. The van der Waals surface area contributed by atoms with Gasteiger partial charge in [0.15, 0.2) is 5.96 Å². The van der Waals surface area contributed by atoms with Crippen molar-refractivity contribution in [3.05, 3.63) is 12.2 Å². The summed E-state index contributed by atoms with van der Waals surface area (Å²) >= 11 is 0. The van der Waals surface area contributed by atoms with Gasteiger partial charge in [-0.05, 0) is 63.6 Å². The molecule has 2 aliphatic heterocycles. The van der Waals surface area contributed by atoms with Crippen molar-refractivity contribution in [2.45, 2.75) is 32.1 Å². The van der Waals surface area contributed by atoms with E-state index in [9.17, 15) is 9.59 Å². The van der Waals surface area contributed by atoms with Gasteiger partial charge in [-0.2, -0.15) is 0 Å².